The minimum Gasteiger partial charge on any atom is -0.423 e. The zero-order valence-electron chi connectivity index (χ0n) is 17.8. The molecule has 2 saturated heterocycles. The van der Waals surface area contributed by atoms with Crippen molar-refractivity contribution in [2.45, 2.75) is 30.7 Å². The Hall–Kier alpha value is -3.68. The van der Waals surface area contributed by atoms with Crippen molar-refractivity contribution in [2.24, 2.45) is 0 Å². The maximum absolute atomic E-state index is 12.4. The number of ether oxygens (including phenoxy) is 3. The number of aromatic nitrogens is 7. The molecule has 12 nitrogen and oxygen atoms in total. The fourth-order valence-electron chi connectivity index (χ4n) is 4.22. The summed E-state index contributed by atoms with van der Waals surface area (Å²) in [7, 11) is 0. The van der Waals surface area contributed by atoms with Crippen LogP contribution in [0.4, 0.5) is 0 Å². The number of nitrogens with zero attached hydrogens (tertiary/aromatic N) is 7. The monoisotopic (exact) mass is 480 g/mol. The number of carbonyl (C=O) groups is 1. The number of hydrogen-bond acceptors (Lipinski definition) is 10. The third-order valence-electron chi connectivity index (χ3n) is 5.79. The number of hydrogen-bond donors (Lipinski definition) is 1. The predicted octanol–water partition coefficient (Wildman–Crippen LogP) is 1.17. The quantitative estimate of drug-likeness (QED) is 0.414. The Balaban J connectivity index is 1.11. The molecule has 0 saturated carbocycles. The van der Waals surface area contributed by atoms with Crippen LogP contribution in [0, 0.1) is 0 Å². The lowest BCUT2D eigenvalue weighted by atomic mass is 10.1. The smallest absolute Gasteiger partial charge is 0.341 e. The number of nitrogens with one attached hydrogen (secondary N) is 1. The van der Waals surface area contributed by atoms with Crippen molar-refractivity contribution in [3.8, 4) is 17.4 Å². The van der Waals surface area contributed by atoms with E-state index >= 15 is 0 Å². The van der Waals surface area contributed by atoms with Crippen LogP contribution in [0.15, 0.2) is 54.4 Å². The van der Waals surface area contributed by atoms with Crippen molar-refractivity contribution in [1.82, 2.24) is 40.3 Å². The van der Waals surface area contributed by atoms with Crippen molar-refractivity contribution in [1.29, 1.82) is 0 Å². The summed E-state index contributed by atoms with van der Waals surface area (Å²) in [6.07, 6.45) is 2.85. The molecule has 0 unspecified atom stereocenters. The lowest BCUT2D eigenvalue weighted by Gasteiger charge is -2.18. The van der Waals surface area contributed by atoms with Gasteiger partial charge in [0, 0.05) is 4.88 Å². The Labute approximate surface area is 197 Å². The van der Waals surface area contributed by atoms with E-state index in [1.165, 1.54) is 6.33 Å². The van der Waals surface area contributed by atoms with Crippen LogP contribution in [0.5, 0.6) is 11.8 Å². The minimum absolute atomic E-state index is 0.0514. The molecule has 0 radical (unpaired) electrons. The number of rotatable bonds is 7. The van der Waals surface area contributed by atoms with E-state index in [1.54, 1.807) is 39.2 Å². The van der Waals surface area contributed by atoms with E-state index in [0.29, 0.717) is 25.4 Å². The highest BCUT2D eigenvalue weighted by Gasteiger charge is 2.50. The van der Waals surface area contributed by atoms with Crippen LogP contribution in [0.3, 0.4) is 0 Å². The molecule has 2 aliphatic heterocycles. The minimum atomic E-state index is -0.299. The molecule has 0 aliphatic carbocycles. The number of fused-ring (bicyclic) bond motifs is 1. The highest BCUT2D eigenvalue weighted by molar-refractivity contribution is 7.10. The first-order chi connectivity index (χ1) is 16.7. The summed E-state index contributed by atoms with van der Waals surface area (Å²) in [4.78, 5) is 17.4. The van der Waals surface area contributed by atoms with E-state index in [-0.39, 0.29) is 36.2 Å². The summed E-state index contributed by atoms with van der Waals surface area (Å²) >= 11 is 1.56. The molecule has 174 valence electrons. The summed E-state index contributed by atoms with van der Waals surface area (Å²) in [5.74, 6) is 0.519. The van der Waals surface area contributed by atoms with Gasteiger partial charge < -0.3 is 19.5 Å². The molecule has 1 amide bonds. The number of amides is 1. The van der Waals surface area contributed by atoms with Crippen molar-refractivity contribution in [3.63, 3.8) is 0 Å². The van der Waals surface area contributed by atoms with Gasteiger partial charge in [0.05, 0.1) is 31.4 Å². The molecule has 4 aromatic rings. The molecule has 0 bridgehead atoms. The molecular weight excluding hydrogens is 460 g/mol. The molecule has 4 atom stereocenters. The van der Waals surface area contributed by atoms with Gasteiger partial charge in [-0.15, -0.1) is 11.3 Å². The Morgan fingerprint density at radius 2 is 2.06 bits per heavy atom. The van der Waals surface area contributed by atoms with Gasteiger partial charge >= 0.3 is 6.01 Å². The Kier molecular flexibility index (Phi) is 5.49. The molecule has 34 heavy (non-hydrogen) atoms. The molecule has 1 aromatic carbocycles. The van der Waals surface area contributed by atoms with Crippen molar-refractivity contribution < 1.29 is 19.0 Å². The predicted molar refractivity (Wildman–Crippen MR) is 118 cm³/mol. The number of thiophene rings is 1. The van der Waals surface area contributed by atoms with Gasteiger partial charge in [0.2, 0.25) is 5.91 Å². The number of carbonyl (C=O) groups excluding carboxylic acids is 1. The van der Waals surface area contributed by atoms with Gasteiger partial charge in [0.1, 0.15) is 36.7 Å². The Bertz CT molecular complexity index is 1240. The Morgan fingerprint density at radius 3 is 2.85 bits per heavy atom. The number of benzene rings is 1. The van der Waals surface area contributed by atoms with Crippen LogP contribution in [0.25, 0.3) is 5.69 Å². The third kappa shape index (κ3) is 4.04. The Morgan fingerprint density at radius 1 is 1.18 bits per heavy atom. The normalized spacial score (nSPS) is 23.6. The molecule has 5 heterocycles. The summed E-state index contributed by atoms with van der Waals surface area (Å²) in [5.41, 5.74) is 0.850. The van der Waals surface area contributed by atoms with Gasteiger partial charge in [0.25, 0.3) is 0 Å². The van der Waals surface area contributed by atoms with Gasteiger partial charge in [-0.25, -0.2) is 9.67 Å². The van der Waals surface area contributed by atoms with Gasteiger partial charge in [-0.2, -0.15) is 9.78 Å². The van der Waals surface area contributed by atoms with Gasteiger partial charge in [-0.3, -0.25) is 4.79 Å². The zero-order chi connectivity index (χ0) is 22.9. The SMILES string of the molecule is O=C(Cc1cccs1)N[C@@H]1CO[C@@H]2[C@@H]1OC[C@@H]2n1nnnc1Oc1ccc(-n2cncn2)cc1. The second kappa shape index (κ2) is 8.93. The van der Waals surface area contributed by atoms with E-state index < -0.39 is 0 Å². The highest BCUT2D eigenvalue weighted by atomic mass is 32.1. The summed E-state index contributed by atoms with van der Waals surface area (Å²) < 4.78 is 21.2. The van der Waals surface area contributed by atoms with Crippen LogP contribution in [0.2, 0.25) is 0 Å². The van der Waals surface area contributed by atoms with Gasteiger partial charge in [0.15, 0.2) is 0 Å². The van der Waals surface area contributed by atoms with E-state index in [1.807, 2.05) is 29.6 Å². The summed E-state index contributed by atoms with van der Waals surface area (Å²) in [6.45, 7) is 0.712. The standard InChI is InChI=1S/C21H20N8O4S/c30-18(8-15-2-1-7-34-15)24-16-9-31-20-17(10-32-19(16)20)29-21(25-26-27-29)33-14-5-3-13(4-6-14)28-12-22-11-23-28/h1-7,11-12,16-17,19-20H,8-10H2,(H,24,30)/t16-,17+,19-,20+/m1/s1. The molecule has 3 aromatic heterocycles. The van der Waals surface area contributed by atoms with E-state index in [0.717, 1.165) is 10.6 Å². The maximum Gasteiger partial charge on any atom is 0.341 e. The summed E-state index contributed by atoms with van der Waals surface area (Å²) in [6, 6.07) is 10.9. The van der Waals surface area contributed by atoms with Crippen molar-refractivity contribution in [2.75, 3.05) is 13.2 Å². The van der Waals surface area contributed by atoms with Crippen LogP contribution in [0.1, 0.15) is 10.9 Å². The molecular formula is C21H20N8O4S. The molecule has 6 rings (SSSR count). The molecule has 0 spiro atoms. The third-order valence-corrected chi connectivity index (χ3v) is 6.67. The van der Waals surface area contributed by atoms with E-state index in [9.17, 15) is 4.79 Å². The van der Waals surface area contributed by atoms with Crippen LogP contribution < -0.4 is 10.1 Å². The topological polar surface area (TPSA) is 131 Å². The van der Waals surface area contributed by atoms with E-state index in [4.69, 9.17) is 14.2 Å². The molecule has 2 fully saturated rings. The first-order valence-corrected chi connectivity index (χ1v) is 11.6. The molecule has 2 aliphatic rings. The average Bonchev–Trinajstić information content (AvgIpc) is 3.65. The van der Waals surface area contributed by atoms with E-state index in [2.05, 4.69) is 30.9 Å². The van der Waals surface area contributed by atoms with Crippen molar-refractivity contribution in [3.05, 3.63) is 59.3 Å². The van der Waals surface area contributed by atoms with Crippen LogP contribution >= 0.6 is 11.3 Å². The second-order valence-corrected chi connectivity index (χ2v) is 8.97. The second-order valence-electron chi connectivity index (χ2n) is 7.94. The van der Waals surface area contributed by atoms with Crippen LogP contribution in [-0.4, -0.2) is 72.3 Å². The largest absolute Gasteiger partial charge is 0.423 e. The fourth-order valence-corrected chi connectivity index (χ4v) is 4.92. The summed E-state index contributed by atoms with van der Waals surface area (Å²) in [5, 5.41) is 21.0. The average molecular weight is 481 g/mol. The lowest BCUT2D eigenvalue weighted by Crippen LogP contribution is -2.44. The van der Waals surface area contributed by atoms with Gasteiger partial charge in [-0.05, 0) is 46.1 Å². The molecule has 1 N–H and O–H groups in total. The van der Waals surface area contributed by atoms with Crippen LogP contribution in [-0.2, 0) is 20.7 Å². The van der Waals surface area contributed by atoms with Gasteiger partial charge in [-0.1, -0.05) is 11.2 Å². The molecule has 13 heteroatoms. The first-order valence-electron chi connectivity index (χ1n) is 10.7. The van der Waals surface area contributed by atoms with Crippen molar-refractivity contribution >= 4 is 17.2 Å². The highest BCUT2D eigenvalue weighted by Crippen LogP contribution is 2.36. The fraction of sp³-hybridized carbons (Fsp3) is 0.333. The lowest BCUT2D eigenvalue weighted by molar-refractivity contribution is -0.121. The first kappa shape index (κ1) is 20.9. The zero-order valence-corrected chi connectivity index (χ0v) is 18.6. The maximum atomic E-state index is 12.4. The number of tetrazole rings is 1.